The number of benzene rings is 1. The highest BCUT2D eigenvalue weighted by atomic mass is 16.5. The van der Waals surface area contributed by atoms with Crippen molar-refractivity contribution >= 4 is 11.0 Å². The number of phenolic OH excluding ortho intramolecular Hbond substituents is 1. The lowest BCUT2D eigenvalue weighted by Gasteiger charge is -2.10. The third kappa shape index (κ3) is 1.63. The Hall–Kier alpha value is -2.56. The van der Waals surface area contributed by atoms with Crippen molar-refractivity contribution in [2.75, 3.05) is 7.11 Å². The molecule has 0 aliphatic rings. The van der Waals surface area contributed by atoms with Gasteiger partial charge in [0.15, 0.2) is 5.75 Å². The van der Waals surface area contributed by atoms with Gasteiger partial charge < -0.3 is 14.4 Å². The van der Waals surface area contributed by atoms with E-state index in [0.717, 1.165) is 11.1 Å². The number of aromatic nitrogens is 2. The Morgan fingerprint density at radius 1 is 1.20 bits per heavy atom. The van der Waals surface area contributed by atoms with Gasteiger partial charge in [-0.2, -0.15) is 0 Å². The molecule has 0 saturated carbocycles. The van der Waals surface area contributed by atoms with Crippen LogP contribution >= 0.6 is 0 Å². The molecule has 0 saturated heterocycles. The van der Waals surface area contributed by atoms with E-state index in [1.807, 2.05) is 32.0 Å². The second kappa shape index (κ2) is 4.52. The molecule has 0 spiro atoms. The number of aromatic hydroxyl groups is 1. The SMILES string of the molecule is COc1c(C)c(C)c(O)c2c(-c3ccccn3)noc12. The van der Waals surface area contributed by atoms with Gasteiger partial charge in [-0.25, -0.2) is 0 Å². The molecule has 0 fully saturated rings. The molecule has 2 aromatic heterocycles. The van der Waals surface area contributed by atoms with E-state index in [4.69, 9.17) is 9.26 Å². The number of hydrogen-bond acceptors (Lipinski definition) is 5. The Kier molecular flexibility index (Phi) is 2.82. The number of pyridine rings is 1. The second-order valence-corrected chi connectivity index (χ2v) is 4.58. The molecule has 0 atom stereocenters. The van der Waals surface area contributed by atoms with Crippen LogP contribution in [0.5, 0.6) is 11.5 Å². The van der Waals surface area contributed by atoms with E-state index in [2.05, 4.69) is 10.1 Å². The molecule has 1 N–H and O–H groups in total. The van der Waals surface area contributed by atoms with Gasteiger partial charge >= 0.3 is 0 Å². The van der Waals surface area contributed by atoms with E-state index in [0.29, 0.717) is 28.1 Å². The van der Waals surface area contributed by atoms with E-state index in [9.17, 15) is 5.11 Å². The van der Waals surface area contributed by atoms with Gasteiger partial charge in [0.1, 0.15) is 11.4 Å². The van der Waals surface area contributed by atoms with Crippen molar-refractivity contribution in [3.63, 3.8) is 0 Å². The Labute approximate surface area is 115 Å². The molecule has 20 heavy (non-hydrogen) atoms. The maximum Gasteiger partial charge on any atom is 0.213 e. The predicted octanol–water partition coefficient (Wildman–Crippen LogP) is 3.22. The molecule has 0 unspecified atom stereocenters. The summed E-state index contributed by atoms with van der Waals surface area (Å²) in [5.41, 5.74) is 3.18. The summed E-state index contributed by atoms with van der Waals surface area (Å²) in [7, 11) is 1.57. The van der Waals surface area contributed by atoms with E-state index in [1.54, 1.807) is 13.3 Å². The number of rotatable bonds is 2. The number of fused-ring (bicyclic) bond motifs is 1. The van der Waals surface area contributed by atoms with Gasteiger partial charge in [0.05, 0.1) is 18.2 Å². The average Bonchev–Trinajstić information content (AvgIpc) is 2.91. The van der Waals surface area contributed by atoms with Crippen molar-refractivity contribution in [2.45, 2.75) is 13.8 Å². The topological polar surface area (TPSA) is 68.4 Å². The molecule has 3 aromatic rings. The van der Waals surface area contributed by atoms with E-state index in [-0.39, 0.29) is 5.75 Å². The lowest BCUT2D eigenvalue weighted by Crippen LogP contribution is -1.92. The van der Waals surface area contributed by atoms with Crippen molar-refractivity contribution in [3.8, 4) is 22.9 Å². The summed E-state index contributed by atoms with van der Waals surface area (Å²) in [5, 5.41) is 15.0. The molecule has 5 heteroatoms. The van der Waals surface area contributed by atoms with Crippen LogP contribution in [0.3, 0.4) is 0 Å². The van der Waals surface area contributed by atoms with Crippen molar-refractivity contribution in [3.05, 3.63) is 35.5 Å². The van der Waals surface area contributed by atoms with Gasteiger partial charge in [-0.1, -0.05) is 11.2 Å². The monoisotopic (exact) mass is 270 g/mol. The second-order valence-electron chi connectivity index (χ2n) is 4.58. The number of ether oxygens (including phenoxy) is 1. The molecular formula is C15H14N2O3. The summed E-state index contributed by atoms with van der Waals surface area (Å²) in [6.07, 6.45) is 1.67. The normalized spacial score (nSPS) is 10.9. The molecule has 0 bridgehead atoms. The zero-order valence-electron chi connectivity index (χ0n) is 11.5. The fourth-order valence-electron chi connectivity index (χ4n) is 2.29. The van der Waals surface area contributed by atoms with Crippen LogP contribution in [0.4, 0.5) is 0 Å². The highest BCUT2D eigenvalue weighted by molar-refractivity contribution is 6.00. The predicted molar refractivity (Wildman–Crippen MR) is 74.9 cm³/mol. The van der Waals surface area contributed by atoms with Crippen molar-refractivity contribution in [1.82, 2.24) is 10.1 Å². The fourth-order valence-corrected chi connectivity index (χ4v) is 2.29. The van der Waals surface area contributed by atoms with Gasteiger partial charge in [-0.05, 0) is 31.5 Å². The molecule has 1 aromatic carbocycles. The maximum atomic E-state index is 10.4. The number of phenols is 1. The van der Waals surface area contributed by atoms with Crippen LogP contribution in [-0.4, -0.2) is 22.4 Å². The van der Waals surface area contributed by atoms with Crippen LogP contribution in [-0.2, 0) is 0 Å². The number of hydrogen-bond donors (Lipinski definition) is 1. The molecule has 102 valence electrons. The zero-order valence-corrected chi connectivity index (χ0v) is 11.5. The molecule has 3 rings (SSSR count). The minimum Gasteiger partial charge on any atom is -0.507 e. The first-order valence-electron chi connectivity index (χ1n) is 6.22. The standard InChI is InChI=1S/C15H14N2O3/c1-8-9(2)14(19-3)15-11(13(8)18)12(17-20-15)10-6-4-5-7-16-10/h4-7,18H,1-3H3. The summed E-state index contributed by atoms with van der Waals surface area (Å²) in [6.45, 7) is 3.71. The molecule has 0 radical (unpaired) electrons. The lowest BCUT2D eigenvalue weighted by molar-refractivity contribution is 0.389. The van der Waals surface area contributed by atoms with Gasteiger partial charge in [0.2, 0.25) is 5.58 Å². The lowest BCUT2D eigenvalue weighted by atomic mass is 10.0. The van der Waals surface area contributed by atoms with Crippen LogP contribution in [0.2, 0.25) is 0 Å². The fraction of sp³-hybridized carbons (Fsp3) is 0.200. The third-order valence-electron chi connectivity index (χ3n) is 3.51. The summed E-state index contributed by atoms with van der Waals surface area (Å²) in [5.74, 6) is 0.741. The summed E-state index contributed by atoms with van der Waals surface area (Å²) < 4.78 is 10.7. The van der Waals surface area contributed by atoms with Gasteiger partial charge in [-0.3, -0.25) is 4.98 Å². The smallest absolute Gasteiger partial charge is 0.213 e. The molecule has 0 aliphatic carbocycles. The largest absolute Gasteiger partial charge is 0.507 e. The van der Waals surface area contributed by atoms with Crippen molar-refractivity contribution in [1.29, 1.82) is 0 Å². The average molecular weight is 270 g/mol. The Balaban J connectivity index is 2.41. The van der Waals surface area contributed by atoms with E-state index >= 15 is 0 Å². The van der Waals surface area contributed by atoms with E-state index in [1.165, 1.54) is 0 Å². The van der Waals surface area contributed by atoms with Gasteiger partial charge in [0, 0.05) is 11.8 Å². The minimum absolute atomic E-state index is 0.153. The van der Waals surface area contributed by atoms with Crippen molar-refractivity contribution < 1.29 is 14.4 Å². The van der Waals surface area contributed by atoms with E-state index < -0.39 is 0 Å². The first kappa shape index (κ1) is 12.5. The van der Waals surface area contributed by atoms with Crippen molar-refractivity contribution in [2.24, 2.45) is 0 Å². The Morgan fingerprint density at radius 2 is 2.00 bits per heavy atom. The Morgan fingerprint density at radius 3 is 2.65 bits per heavy atom. The highest BCUT2D eigenvalue weighted by Crippen LogP contribution is 2.43. The summed E-state index contributed by atoms with van der Waals surface area (Å²) in [6, 6.07) is 5.50. The van der Waals surface area contributed by atoms with Crippen LogP contribution in [0, 0.1) is 13.8 Å². The zero-order chi connectivity index (χ0) is 14.3. The quantitative estimate of drug-likeness (QED) is 0.774. The van der Waals surface area contributed by atoms with Crippen LogP contribution in [0.1, 0.15) is 11.1 Å². The Bertz CT molecular complexity index is 779. The molecule has 2 heterocycles. The summed E-state index contributed by atoms with van der Waals surface area (Å²) >= 11 is 0. The van der Waals surface area contributed by atoms with Gasteiger partial charge in [-0.15, -0.1) is 0 Å². The molecular weight excluding hydrogens is 256 g/mol. The van der Waals surface area contributed by atoms with Crippen LogP contribution in [0.15, 0.2) is 28.9 Å². The molecule has 5 nitrogen and oxygen atoms in total. The number of nitrogens with zero attached hydrogens (tertiary/aromatic N) is 2. The van der Waals surface area contributed by atoms with Gasteiger partial charge in [0.25, 0.3) is 0 Å². The van der Waals surface area contributed by atoms with Crippen LogP contribution < -0.4 is 4.74 Å². The first-order valence-corrected chi connectivity index (χ1v) is 6.22. The minimum atomic E-state index is 0.153. The molecule has 0 amide bonds. The highest BCUT2D eigenvalue weighted by Gasteiger charge is 2.23. The summed E-state index contributed by atoms with van der Waals surface area (Å²) in [4.78, 5) is 4.25. The number of methoxy groups -OCH3 is 1. The molecule has 0 aliphatic heterocycles. The van der Waals surface area contributed by atoms with Crippen LogP contribution in [0.25, 0.3) is 22.4 Å². The first-order chi connectivity index (χ1) is 9.65. The maximum absolute atomic E-state index is 10.4. The third-order valence-corrected chi connectivity index (χ3v) is 3.51.